The third-order valence-electron chi connectivity index (χ3n) is 7.45. The SMILES string of the molecule is [C-]#[N+]c1ccc(C(O)(c2ccc3nc(OC)c(CN4CCC(C)CC4)c(Cl)c3c2)c2cncn2C)cc1. The summed E-state index contributed by atoms with van der Waals surface area (Å²) >= 11 is 7.06. The van der Waals surface area contributed by atoms with Crippen LogP contribution in [0.2, 0.25) is 5.02 Å². The van der Waals surface area contributed by atoms with Gasteiger partial charge in [-0.2, -0.15) is 0 Å². The van der Waals surface area contributed by atoms with Crippen LogP contribution in [0.5, 0.6) is 5.88 Å². The molecule has 0 amide bonds. The molecule has 0 radical (unpaired) electrons. The topological polar surface area (TPSA) is 67.8 Å². The normalized spacial score (nSPS) is 16.4. The number of hydrogen-bond acceptors (Lipinski definition) is 5. The van der Waals surface area contributed by atoms with Crippen LogP contribution in [-0.4, -0.2) is 44.7 Å². The van der Waals surface area contributed by atoms with Crippen molar-refractivity contribution in [3.63, 3.8) is 0 Å². The van der Waals surface area contributed by atoms with Crippen molar-refractivity contribution in [2.45, 2.75) is 31.9 Å². The Morgan fingerprint density at radius 1 is 1.16 bits per heavy atom. The molecule has 8 heteroatoms. The average molecular weight is 516 g/mol. The lowest BCUT2D eigenvalue weighted by atomic mass is 9.83. The molecule has 37 heavy (non-hydrogen) atoms. The third kappa shape index (κ3) is 4.57. The van der Waals surface area contributed by atoms with Crippen molar-refractivity contribution in [1.82, 2.24) is 19.4 Å². The van der Waals surface area contributed by atoms with E-state index < -0.39 is 5.60 Å². The first kappa shape index (κ1) is 25.2. The molecule has 0 spiro atoms. The summed E-state index contributed by atoms with van der Waals surface area (Å²) in [6.07, 6.45) is 5.64. The van der Waals surface area contributed by atoms with E-state index in [9.17, 15) is 5.11 Å². The molecule has 4 aromatic rings. The highest BCUT2D eigenvalue weighted by molar-refractivity contribution is 6.36. The summed E-state index contributed by atoms with van der Waals surface area (Å²) in [4.78, 5) is 14.9. The van der Waals surface area contributed by atoms with E-state index in [4.69, 9.17) is 27.9 Å². The van der Waals surface area contributed by atoms with Gasteiger partial charge >= 0.3 is 0 Å². The summed E-state index contributed by atoms with van der Waals surface area (Å²) < 4.78 is 7.45. The van der Waals surface area contributed by atoms with Crippen molar-refractivity contribution in [3.8, 4) is 5.88 Å². The standard InChI is InChI=1S/C29H30ClN5O2/c1-19-11-13-35(14-12-19)17-24-27(30)23-15-21(7-10-25(23)33-28(24)37-4)29(36,26-16-32-18-34(26)3)20-5-8-22(31-2)9-6-20/h5-10,15-16,18-19,36H,11-14,17H2,1,3-4H3. The van der Waals surface area contributed by atoms with Gasteiger partial charge in [0.25, 0.3) is 0 Å². The molecule has 7 nitrogen and oxygen atoms in total. The maximum atomic E-state index is 12.3. The quantitative estimate of drug-likeness (QED) is 0.334. The first-order valence-corrected chi connectivity index (χ1v) is 12.8. The predicted molar refractivity (Wildman–Crippen MR) is 145 cm³/mol. The second-order valence-electron chi connectivity index (χ2n) is 9.86. The van der Waals surface area contributed by atoms with Crippen LogP contribution in [0.3, 0.4) is 0 Å². The summed E-state index contributed by atoms with van der Waals surface area (Å²) in [5.74, 6) is 1.26. The van der Waals surface area contributed by atoms with Crippen LogP contribution < -0.4 is 4.74 Å². The number of piperidine rings is 1. The third-order valence-corrected chi connectivity index (χ3v) is 7.88. The first-order chi connectivity index (χ1) is 17.8. The maximum absolute atomic E-state index is 12.3. The molecule has 1 unspecified atom stereocenters. The van der Waals surface area contributed by atoms with Crippen molar-refractivity contribution in [3.05, 3.63) is 93.8 Å². The minimum absolute atomic E-state index is 0.505. The number of rotatable bonds is 6. The van der Waals surface area contributed by atoms with E-state index in [2.05, 4.69) is 21.7 Å². The van der Waals surface area contributed by atoms with Crippen LogP contribution in [-0.2, 0) is 19.2 Å². The highest BCUT2D eigenvalue weighted by Gasteiger charge is 2.37. The Balaban J connectivity index is 1.65. The van der Waals surface area contributed by atoms with E-state index in [-0.39, 0.29) is 0 Å². The van der Waals surface area contributed by atoms with E-state index in [1.165, 1.54) is 0 Å². The molecule has 1 N–H and O–H groups in total. The van der Waals surface area contributed by atoms with Crippen molar-refractivity contribution in [2.75, 3.05) is 20.2 Å². The van der Waals surface area contributed by atoms with Crippen molar-refractivity contribution >= 4 is 28.2 Å². The van der Waals surface area contributed by atoms with E-state index in [1.54, 1.807) is 48.5 Å². The summed E-state index contributed by atoms with van der Waals surface area (Å²) in [5, 5.41) is 13.7. The molecule has 0 aliphatic carbocycles. The number of benzene rings is 2. The van der Waals surface area contributed by atoms with Gasteiger partial charge in [0, 0.05) is 24.5 Å². The molecule has 2 aromatic carbocycles. The molecular formula is C29H30ClN5O2. The average Bonchev–Trinajstić information content (AvgIpc) is 3.37. The lowest BCUT2D eigenvalue weighted by Crippen LogP contribution is -2.32. The molecule has 5 rings (SSSR count). The second-order valence-corrected chi connectivity index (χ2v) is 10.2. The van der Waals surface area contributed by atoms with Gasteiger partial charge in [-0.05, 0) is 55.1 Å². The minimum atomic E-state index is -1.52. The van der Waals surface area contributed by atoms with E-state index in [0.29, 0.717) is 45.5 Å². The predicted octanol–water partition coefficient (Wildman–Crippen LogP) is 5.70. The molecular weight excluding hydrogens is 486 g/mol. The van der Waals surface area contributed by atoms with Gasteiger partial charge in [0.05, 0.1) is 42.4 Å². The van der Waals surface area contributed by atoms with Gasteiger partial charge in [-0.25, -0.2) is 14.8 Å². The Bertz CT molecular complexity index is 1470. The molecule has 1 atom stereocenters. The fourth-order valence-electron chi connectivity index (χ4n) is 5.16. The molecule has 0 saturated carbocycles. The number of hydrogen-bond donors (Lipinski definition) is 1. The number of fused-ring (bicyclic) bond motifs is 1. The molecule has 190 valence electrons. The zero-order valence-electron chi connectivity index (χ0n) is 21.3. The zero-order valence-corrected chi connectivity index (χ0v) is 22.0. The first-order valence-electron chi connectivity index (χ1n) is 12.4. The number of ether oxygens (including phenoxy) is 1. The minimum Gasteiger partial charge on any atom is -0.481 e. The van der Waals surface area contributed by atoms with Gasteiger partial charge in [0.15, 0.2) is 11.3 Å². The largest absolute Gasteiger partial charge is 0.481 e. The van der Waals surface area contributed by atoms with Crippen molar-refractivity contribution in [2.24, 2.45) is 13.0 Å². The van der Waals surface area contributed by atoms with Gasteiger partial charge < -0.3 is 14.4 Å². The molecule has 2 aromatic heterocycles. The van der Waals surface area contributed by atoms with Gasteiger partial charge in [0.2, 0.25) is 5.88 Å². The fraction of sp³-hybridized carbons (Fsp3) is 0.345. The Morgan fingerprint density at radius 2 is 1.86 bits per heavy atom. The number of imidazole rings is 1. The number of methoxy groups -OCH3 is 1. The number of aliphatic hydroxyl groups is 1. The zero-order chi connectivity index (χ0) is 26.2. The smallest absolute Gasteiger partial charge is 0.219 e. The Kier molecular flexibility index (Phi) is 6.91. The second kappa shape index (κ2) is 10.1. The monoisotopic (exact) mass is 515 g/mol. The van der Waals surface area contributed by atoms with Gasteiger partial charge in [-0.15, -0.1) is 0 Å². The van der Waals surface area contributed by atoms with Crippen LogP contribution in [0.25, 0.3) is 15.7 Å². The van der Waals surface area contributed by atoms with Gasteiger partial charge in [0.1, 0.15) is 0 Å². The van der Waals surface area contributed by atoms with Crippen molar-refractivity contribution < 1.29 is 9.84 Å². The molecule has 1 fully saturated rings. The van der Waals surface area contributed by atoms with E-state index in [0.717, 1.165) is 42.8 Å². The van der Waals surface area contributed by atoms with Crippen LogP contribution in [0.4, 0.5) is 5.69 Å². The number of aromatic nitrogens is 3. The maximum Gasteiger partial charge on any atom is 0.219 e. The Labute approximate surface area is 222 Å². The van der Waals surface area contributed by atoms with E-state index >= 15 is 0 Å². The number of nitrogens with zero attached hydrogens (tertiary/aromatic N) is 5. The molecule has 1 saturated heterocycles. The van der Waals surface area contributed by atoms with Crippen LogP contribution in [0.1, 0.15) is 42.1 Å². The van der Waals surface area contributed by atoms with Crippen LogP contribution >= 0.6 is 11.6 Å². The van der Waals surface area contributed by atoms with Crippen LogP contribution in [0.15, 0.2) is 55.0 Å². The summed E-state index contributed by atoms with van der Waals surface area (Å²) in [6, 6.07) is 12.6. The summed E-state index contributed by atoms with van der Waals surface area (Å²) in [6.45, 7) is 12.3. The highest BCUT2D eigenvalue weighted by Crippen LogP contribution is 2.41. The number of aryl methyl sites for hydroxylation is 1. The summed E-state index contributed by atoms with van der Waals surface area (Å²) in [7, 11) is 3.47. The van der Waals surface area contributed by atoms with E-state index in [1.807, 2.05) is 25.2 Å². The molecule has 1 aliphatic heterocycles. The van der Waals surface area contributed by atoms with Gasteiger partial charge in [-0.3, -0.25) is 4.90 Å². The summed E-state index contributed by atoms with van der Waals surface area (Å²) in [5.41, 5.74) is 2.39. The lowest BCUT2D eigenvalue weighted by molar-refractivity contribution is 0.117. The lowest BCUT2D eigenvalue weighted by Gasteiger charge is -2.31. The Hall–Kier alpha value is -3.44. The number of pyridine rings is 1. The van der Waals surface area contributed by atoms with Gasteiger partial charge in [-0.1, -0.05) is 48.9 Å². The number of likely N-dealkylation sites (tertiary alicyclic amines) is 1. The van der Waals surface area contributed by atoms with Crippen molar-refractivity contribution in [1.29, 1.82) is 0 Å². The molecule has 1 aliphatic rings. The highest BCUT2D eigenvalue weighted by atomic mass is 35.5. The molecule has 0 bridgehead atoms. The molecule has 3 heterocycles. The number of halogens is 1. The fourth-order valence-corrected chi connectivity index (χ4v) is 5.45. The van der Waals surface area contributed by atoms with Crippen LogP contribution in [0, 0.1) is 12.5 Å². The Morgan fingerprint density at radius 3 is 2.49 bits per heavy atom.